The van der Waals surface area contributed by atoms with Gasteiger partial charge in [0.2, 0.25) is 0 Å². The molecule has 2 heteroatoms. The van der Waals surface area contributed by atoms with Crippen molar-refractivity contribution in [3.05, 3.63) is 0 Å². The molecule has 0 bridgehead atoms. The lowest BCUT2D eigenvalue weighted by molar-refractivity contribution is -0.910. The molecule has 0 radical (unpaired) electrons. The molecule has 0 saturated heterocycles. The maximum absolute atomic E-state index is 9.04. The number of unbranched alkanes of at least 4 members (excludes halogenated alkanes) is 6. The fourth-order valence-electron chi connectivity index (χ4n) is 2.63. The first kappa shape index (κ1) is 17.9. The van der Waals surface area contributed by atoms with Crippen LogP contribution in [-0.2, 0) is 0 Å². The number of hydrogen-bond acceptors (Lipinski definition) is 1. The number of rotatable bonds is 13. The van der Waals surface area contributed by atoms with Crippen molar-refractivity contribution in [3.8, 4) is 0 Å². The van der Waals surface area contributed by atoms with Gasteiger partial charge in [-0.1, -0.05) is 39.5 Å². The third-order valence-corrected chi connectivity index (χ3v) is 3.96. The van der Waals surface area contributed by atoms with E-state index >= 15 is 0 Å². The van der Waals surface area contributed by atoms with E-state index in [2.05, 4.69) is 20.9 Å². The van der Waals surface area contributed by atoms with Crippen LogP contribution in [0.15, 0.2) is 0 Å². The van der Waals surface area contributed by atoms with Crippen molar-refractivity contribution in [1.82, 2.24) is 0 Å². The van der Waals surface area contributed by atoms with E-state index in [1.807, 2.05) is 0 Å². The fraction of sp³-hybridized carbons (Fsp3) is 1.00. The van der Waals surface area contributed by atoms with Gasteiger partial charge in [-0.05, 0) is 25.7 Å². The molecule has 0 aliphatic rings. The maximum atomic E-state index is 9.04. The molecule has 0 fully saturated rings. The number of aliphatic hydroxyl groups excluding tert-OH is 1. The van der Waals surface area contributed by atoms with E-state index in [9.17, 15) is 0 Å². The third kappa shape index (κ3) is 9.90. The van der Waals surface area contributed by atoms with Gasteiger partial charge in [0.05, 0.1) is 26.7 Å². The summed E-state index contributed by atoms with van der Waals surface area (Å²) in [5, 5.41) is 9.04. The minimum Gasteiger partial charge on any atom is -0.396 e. The lowest BCUT2D eigenvalue weighted by Gasteiger charge is -2.35. The van der Waals surface area contributed by atoms with E-state index in [1.165, 1.54) is 68.9 Å². The summed E-state index contributed by atoms with van der Waals surface area (Å²) in [6.07, 6.45) is 11.8. The Morgan fingerprint density at radius 2 is 1.11 bits per heavy atom. The Labute approximate surface area is 115 Å². The molecule has 0 aliphatic heterocycles. The Morgan fingerprint density at radius 3 is 1.50 bits per heavy atom. The molecule has 18 heavy (non-hydrogen) atoms. The van der Waals surface area contributed by atoms with E-state index in [4.69, 9.17) is 5.11 Å². The van der Waals surface area contributed by atoms with Crippen molar-refractivity contribution < 1.29 is 9.59 Å². The Kier molecular flexibility index (Phi) is 11.9. The molecular formula is C16H36NO+. The molecule has 0 amide bonds. The Bertz CT molecular complexity index is 158. The van der Waals surface area contributed by atoms with E-state index in [0.29, 0.717) is 6.61 Å². The molecular weight excluding hydrogens is 222 g/mol. The molecule has 0 heterocycles. The van der Waals surface area contributed by atoms with Crippen LogP contribution in [0.3, 0.4) is 0 Å². The Hall–Kier alpha value is -0.0800. The topological polar surface area (TPSA) is 20.2 Å². The zero-order valence-electron chi connectivity index (χ0n) is 13.1. The smallest absolute Gasteiger partial charge is 0.0806 e. The summed E-state index contributed by atoms with van der Waals surface area (Å²) in [5.41, 5.74) is 0. The highest BCUT2D eigenvalue weighted by Gasteiger charge is 2.19. The van der Waals surface area contributed by atoms with Crippen molar-refractivity contribution in [2.24, 2.45) is 0 Å². The average Bonchev–Trinajstić information content (AvgIpc) is 2.38. The van der Waals surface area contributed by atoms with Gasteiger partial charge >= 0.3 is 0 Å². The van der Waals surface area contributed by atoms with Crippen LogP contribution >= 0.6 is 0 Å². The van der Waals surface area contributed by atoms with Crippen molar-refractivity contribution >= 4 is 0 Å². The van der Waals surface area contributed by atoms with E-state index in [0.717, 1.165) is 13.0 Å². The minimum atomic E-state index is 0.345. The van der Waals surface area contributed by atoms with Gasteiger partial charge in [-0.25, -0.2) is 0 Å². The summed E-state index contributed by atoms with van der Waals surface area (Å²) >= 11 is 0. The molecule has 0 aromatic rings. The van der Waals surface area contributed by atoms with E-state index in [1.54, 1.807) is 0 Å². The summed E-state index contributed by atoms with van der Waals surface area (Å²) in [6, 6.07) is 0. The predicted molar refractivity (Wildman–Crippen MR) is 80.8 cm³/mol. The molecule has 0 unspecified atom stereocenters. The van der Waals surface area contributed by atoms with Gasteiger partial charge in [-0.2, -0.15) is 0 Å². The van der Waals surface area contributed by atoms with E-state index < -0.39 is 0 Å². The molecule has 1 N–H and O–H groups in total. The summed E-state index contributed by atoms with van der Waals surface area (Å²) in [4.78, 5) is 0. The lowest BCUT2D eigenvalue weighted by atomic mass is 10.1. The molecule has 0 aromatic heterocycles. The molecule has 110 valence electrons. The highest BCUT2D eigenvalue weighted by Crippen LogP contribution is 2.12. The minimum absolute atomic E-state index is 0.345. The van der Waals surface area contributed by atoms with Crippen LogP contribution in [-0.4, -0.2) is 42.9 Å². The van der Waals surface area contributed by atoms with Crippen LogP contribution in [0.2, 0.25) is 0 Å². The van der Waals surface area contributed by atoms with Crippen LogP contribution in [0.25, 0.3) is 0 Å². The van der Waals surface area contributed by atoms with E-state index in [-0.39, 0.29) is 0 Å². The molecule has 0 saturated carbocycles. The van der Waals surface area contributed by atoms with Gasteiger partial charge in [-0.3, -0.25) is 0 Å². The fourth-order valence-corrected chi connectivity index (χ4v) is 2.63. The molecule has 0 atom stereocenters. The summed E-state index contributed by atoms with van der Waals surface area (Å²) < 4.78 is 1.17. The number of aliphatic hydroxyl groups is 1. The second-order valence-electron chi connectivity index (χ2n) is 5.99. The molecule has 0 rings (SSSR count). The second kappa shape index (κ2) is 12.0. The second-order valence-corrected chi connectivity index (χ2v) is 5.99. The van der Waals surface area contributed by atoms with Crippen molar-refractivity contribution in [2.45, 2.75) is 71.6 Å². The standard InChI is InChI=1S/C16H36NO/c1-4-6-8-10-13-17(3,15-12-16-18)14-11-9-7-5-2/h18H,4-16H2,1-3H3/q+1. The maximum Gasteiger partial charge on any atom is 0.0806 e. The first-order valence-corrected chi connectivity index (χ1v) is 8.13. The monoisotopic (exact) mass is 258 g/mol. The zero-order chi connectivity index (χ0) is 13.7. The first-order chi connectivity index (χ1) is 8.68. The van der Waals surface area contributed by atoms with Crippen LogP contribution < -0.4 is 0 Å². The lowest BCUT2D eigenvalue weighted by Crippen LogP contribution is -2.46. The molecule has 0 aliphatic carbocycles. The Morgan fingerprint density at radius 1 is 0.667 bits per heavy atom. The molecule has 0 spiro atoms. The van der Waals surface area contributed by atoms with Crippen molar-refractivity contribution in [1.29, 1.82) is 0 Å². The summed E-state index contributed by atoms with van der Waals surface area (Å²) in [5.74, 6) is 0. The van der Waals surface area contributed by atoms with Crippen LogP contribution in [0.5, 0.6) is 0 Å². The van der Waals surface area contributed by atoms with Crippen LogP contribution in [0.1, 0.15) is 71.6 Å². The van der Waals surface area contributed by atoms with Crippen LogP contribution in [0.4, 0.5) is 0 Å². The first-order valence-electron chi connectivity index (χ1n) is 8.13. The molecule has 2 nitrogen and oxygen atoms in total. The number of hydrogen-bond donors (Lipinski definition) is 1. The quantitative estimate of drug-likeness (QED) is 0.391. The van der Waals surface area contributed by atoms with Gasteiger partial charge in [-0.15, -0.1) is 0 Å². The summed E-state index contributed by atoms with van der Waals surface area (Å²) in [7, 11) is 2.38. The third-order valence-electron chi connectivity index (χ3n) is 3.96. The highest BCUT2D eigenvalue weighted by atomic mass is 16.3. The van der Waals surface area contributed by atoms with Gasteiger partial charge in [0.15, 0.2) is 0 Å². The van der Waals surface area contributed by atoms with Gasteiger partial charge in [0.25, 0.3) is 0 Å². The number of nitrogens with zero attached hydrogens (tertiary/aromatic N) is 1. The molecule has 0 aromatic carbocycles. The van der Waals surface area contributed by atoms with Crippen molar-refractivity contribution in [2.75, 3.05) is 33.3 Å². The van der Waals surface area contributed by atoms with Crippen LogP contribution in [0, 0.1) is 0 Å². The normalized spacial score (nSPS) is 12.0. The van der Waals surface area contributed by atoms with Gasteiger partial charge < -0.3 is 9.59 Å². The Balaban J connectivity index is 3.90. The van der Waals surface area contributed by atoms with Gasteiger partial charge in [0, 0.05) is 13.0 Å². The largest absolute Gasteiger partial charge is 0.396 e. The summed E-state index contributed by atoms with van der Waals surface area (Å²) in [6.45, 7) is 8.62. The zero-order valence-corrected chi connectivity index (χ0v) is 13.1. The van der Waals surface area contributed by atoms with Gasteiger partial charge in [0.1, 0.15) is 0 Å². The highest BCUT2D eigenvalue weighted by molar-refractivity contribution is 4.47. The number of quaternary nitrogens is 1. The van der Waals surface area contributed by atoms with Crippen molar-refractivity contribution in [3.63, 3.8) is 0 Å². The SMILES string of the molecule is CCCCCC[N+](C)(CCCO)CCCCCC. The predicted octanol–water partition coefficient (Wildman–Crippen LogP) is 3.98. The average molecular weight is 258 g/mol.